The lowest BCUT2D eigenvalue weighted by Crippen LogP contribution is -1.91. The number of anilines is 1. The Morgan fingerprint density at radius 1 is 1.78 bits per heavy atom. The lowest BCUT2D eigenvalue weighted by atomic mass is 10.6. The highest BCUT2D eigenvalue weighted by Gasteiger charge is 1.99. The van der Waals surface area contributed by atoms with Crippen LogP contribution in [0, 0.1) is 0 Å². The second kappa shape index (κ2) is 2.27. The first kappa shape index (κ1) is 6.42. The van der Waals surface area contributed by atoms with E-state index in [9.17, 15) is 0 Å². The number of hydrogen-bond donors (Lipinski definition) is 1. The first-order chi connectivity index (χ1) is 4.24. The molecule has 1 rings (SSSR count). The molecule has 0 spiro atoms. The fourth-order valence-corrected chi connectivity index (χ4v) is 0.902. The van der Waals surface area contributed by atoms with E-state index in [1.807, 2.05) is 7.05 Å². The summed E-state index contributed by atoms with van der Waals surface area (Å²) in [5.74, 6) is 0.721. The minimum Gasteiger partial charge on any atom is -0.370 e. The summed E-state index contributed by atoms with van der Waals surface area (Å²) in [5.41, 5.74) is 0. The Morgan fingerprint density at radius 2 is 2.44 bits per heavy atom. The van der Waals surface area contributed by atoms with Gasteiger partial charge in [0.2, 0.25) is 0 Å². The minimum absolute atomic E-state index is 0.653. The molecule has 4 heteroatoms. The molecule has 0 aromatic carbocycles. The number of hydrogen-bond acceptors (Lipinski definition) is 2. The highest BCUT2D eigenvalue weighted by atomic mass is 35.5. The van der Waals surface area contributed by atoms with Gasteiger partial charge in [-0.2, -0.15) is 5.10 Å². The number of halogens is 1. The van der Waals surface area contributed by atoms with Gasteiger partial charge >= 0.3 is 0 Å². The van der Waals surface area contributed by atoms with Gasteiger partial charge in [-0.3, -0.25) is 4.68 Å². The van der Waals surface area contributed by atoms with Gasteiger partial charge in [0.15, 0.2) is 5.82 Å². The first-order valence-corrected chi connectivity index (χ1v) is 2.98. The molecule has 0 unspecified atom stereocenters. The van der Waals surface area contributed by atoms with Gasteiger partial charge in [0.25, 0.3) is 0 Å². The Hall–Kier alpha value is -0.700. The maximum Gasteiger partial charge on any atom is 0.166 e. The summed E-state index contributed by atoms with van der Waals surface area (Å²) in [6.45, 7) is 0. The van der Waals surface area contributed by atoms with E-state index in [-0.39, 0.29) is 0 Å². The fraction of sp³-hybridized carbons (Fsp3) is 0.400. The molecule has 0 amide bonds. The largest absolute Gasteiger partial charge is 0.370 e. The summed E-state index contributed by atoms with van der Waals surface area (Å²) in [7, 11) is 3.61. The Bertz CT molecular complexity index is 206. The summed E-state index contributed by atoms with van der Waals surface area (Å²) in [6, 6.07) is 0. The predicted molar refractivity (Wildman–Crippen MR) is 37.8 cm³/mol. The number of rotatable bonds is 1. The molecule has 9 heavy (non-hydrogen) atoms. The molecule has 0 bridgehead atoms. The minimum atomic E-state index is 0.653. The number of aryl methyl sites for hydroxylation is 1. The maximum absolute atomic E-state index is 5.70. The molecule has 0 saturated carbocycles. The predicted octanol–water partition coefficient (Wildman–Crippen LogP) is 1.12. The van der Waals surface area contributed by atoms with Gasteiger partial charge in [-0.1, -0.05) is 11.6 Å². The van der Waals surface area contributed by atoms with Gasteiger partial charge < -0.3 is 5.32 Å². The van der Waals surface area contributed by atoms with Crippen LogP contribution in [0.5, 0.6) is 0 Å². The highest BCUT2D eigenvalue weighted by Crippen LogP contribution is 2.16. The normalized spacial score (nSPS) is 9.67. The number of aromatic nitrogens is 2. The van der Waals surface area contributed by atoms with Gasteiger partial charge in [-0.15, -0.1) is 0 Å². The summed E-state index contributed by atoms with van der Waals surface area (Å²) in [5, 5.41) is 7.51. The topological polar surface area (TPSA) is 29.9 Å². The third kappa shape index (κ3) is 1.16. The molecule has 0 aliphatic heterocycles. The van der Waals surface area contributed by atoms with Crippen LogP contribution in [0.25, 0.3) is 0 Å². The fourth-order valence-electron chi connectivity index (χ4n) is 0.629. The van der Waals surface area contributed by atoms with Crippen molar-refractivity contribution < 1.29 is 0 Å². The third-order valence-corrected chi connectivity index (χ3v) is 1.30. The molecule has 1 aromatic rings. The first-order valence-electron chi connectivity index (χ1n) is 2.61. The van der Waals surface area contributed by atoms with Crippen LogP contribution >= 0.6 is 11.6 Å². The van der Waals surface area contributed by atoms with Crippen molar-refractivity contribution in [2.24, 2.45) is 7.05 Å². The molecule has 0 fully saturated rings. The quantitative estimate of drug-likeness (QED) is 0.642. The van der Waals surface area contributed by atoms with E-state index < -0.39 is 0 Å². The van der Waals surface area contributed by atoms with E-state index in [2.05, 4.69) is 10.4 Å². The zero-order chi connectivity index (χ0) is 6.85. The van der Waals surface area contributed by atoms with Crippen molar-refractivity contribution in [1.29, 1.82) is 0 Å². The molecule has 1 N–H and O–H groups in total. The van der Waals surface area contributed by atoms with Crippen LogP contribution in [0.2, 0.25) is 5.02 Å². The van der Waals surface area contributed by atoms with Crippen LogP contribution in [0.3, 0.4) is 0 Å². The molecule has 3 nitrogen and oxygen atoms in total. The molecule has 0 atom stereocenters. The van der Waals surface area contributed by atoms with Crippen molar-refractivity contribution in [3.63, 3.8) is 0 Å². The summed E-state index contributed by atoms with van der Waals surface area (Å²) >= 11 is 5.70. The summed E-state index contributed by atoms with van der Waals surface area (Å²) < 4.78 is 1.66. The molecule has 1 heterocycles. The number of nitrogens with one attached hydrogen (secondary N) is 1. The van der Waals surface area contributed by atoms with Gasteiger partial charge in [-0.25, -0.2) is 0 Å². The van der Waals surface area contributed by atoms with E-state index in [0.717, 1.165) is 5.82 Å². The van der Waals surface area contributed by atoms with E-state index in [4.69, 9.17) is 11.6 Å². The summed E-state index contributed by atoms with van der Waals surface area (Å²) in [6.07, 6.45) is 1.74. The van der Waals surface area contributed by atoms with Crippen LogP contribution < -0.4 is 5.32 Å². The Balaban J connectivity index is 3.01. The van der Waals surface area contributed by atoms with Crippen molar-refractivity contribution >= 4 is 17.4 Å². The van der Waals surface area contributed by atoms with Crippen LogP contribution in [-0.2, 0) is 7.05 Å². The highest BCUT2D eigenvalue weighted by molar-refractivity contribution is 6.32. The van der Waals surface area contributed by atoms with Crippen molar-refractivity contribution in [1.82, 2.24) is 9.78 Å². The smallest absolute Gasteiger partial charge is 0.166 e. The average Bonchev–Trinajstić information content (AvgIpc) is 2.10. The van der Waals surface area contributed by atoms with Crippen molar-refractivity contribution in [3.05, 3.63) is 11.2 Å². The molecule has 1 aromatic heterocycles. The van der Waals surface area contributed by atoms with Gasteiger partial charge in [-0.05, 0) is 0 Å². The maximum atomic E-state index is 5.70. The van der Waals surface area contributed by atoms with Crippen molar-refractivity contribution in [2.45, 2.75) is 0 Å². The van der Waals surface area contributed by atoms with E-state index >= 15 is 0 Å². The van der Waals surface area contributed by atoms with Gasteiger partial charge in [0, 0.05) is 20.3 Å². The molecular formula is C5H8ClN3. The average molecular weight is 146 g/mol. The monoisotopic (exact) mass is 145 g/mol. The van der Waals surface area contributed by atoms with E-state index in [1.54, 1.807) is 17.9 Å². The molecule has 0 radical (unpaired) electrons. The number of nitrogens with zero attached hydrogens (tertiary/aromatic N) is 2. The molecule has 0 saturated heterocycles. The van der Waals surface area contributed by atoms with Crippen molar-refractivity contribution in [3.8, 4) is 0 Å². The van der Waals surface area contributed by atoms with Crippen molar-refractivity contribution in [2.75, 3.05) is 12.4 Å². The zero-order valence-electron chi connectivity index (χ0n) is 5.35. The SMILES string of the molecule is CNc1nn(C)cc1Cl. The van der Waals surface area contributed by atoms with Gasteiger partial charge in [0.1, 0.15) is 5.02 Å². The van der Waals surface area contributed by atoms with Crippen LogP contribution in [-0.4, -0.2) is 16.8 Å². The van der Waals surface area contributed by atoms with Crippen LogP contribution in [0.4, 0.5) is 5.82 Å². The van der Waals surface area contributed by atoms with Gasteiger partial charge in [0.05, 0.1) is 0 Å². The second-order valence-electron chi connectivity index (χ2n) is 1.75. The Morgan fingerprint density at radius 3 is 2.67 bits per heavy atom. The van der Waals surface area contributed by atoms with Crippen LogP contribution in [0.15, 0.2) is 6.20 Å². The molecule has 50 valence electrons. The second-order valence-corrected chi connectivity index (χ2v) is 2.16. The molecule has 0 aliphatic carbocycles. The third-order valence-electron chi connectivity index (χ3n) is 1.02. The van der Waals surface area contributed by atoms with E-state index in [0.29, 0.717) is 5.02 Å². The Labute approximate surface area is 58.6 Å². The Kier molecular flexibility index (Phi) is 1.62. The lowest BCUT2D eigenvalue weighted by Gasteiger charge is -1.89. The molecule has 0 aliphatic rings. The lowest BCUT2D eigenvalue weighted by molar-refractivity contribution is 0.770. The zero-order valence-corrected chi connectivity index (χ0v) is 6.11. The van der Waals surface area contributed by atoms with E-state index in [1.165, 1.54) is 0 Å². The summed E-state index contributed by atoms with van der Waals surface area (Å²) in [4.78, 5) is 0. The van der Waals surface area contributed by atoms with Crippen LogP contribution in [0.1, 0.15) is 0 Å². The standard InChI is InChI=1S/C5H8ClN3/c1-7-5-4(6)3-9(2)8-5/h3H,1-2H3,(H,7,8). The molecular weight excluding hydrogens is 138 g/mol.